The summed E-state index contributed by atoms with van der Waals surface area (Å²) in [5.41, 5.74) is -0.117. The summed E-state index contributed by atoms with van der Waals surface area (Å²) in [6.45, 7) is 12.1. The minimum atomic E-state index is -0.176. The maximum absolute atomic E-state index is 12.1. The third kappa shape index (κ3) is 9.04. The lowest BCUT2D eigenvalue weighted by molar-refractivity contribution is -0.155. The fourth-order valence-electron chi connectivity index (χ4n) is 1.82. The van der Waals surface area contributed by atoms with Gasteiger partial charge in [0.1, 0.15) is 0 Å². The molecule has 0 saturated carbocycles. The number of hydrogen-bond acceptors (Lipinski definition) is 3. The van der Waals surface area contributed by atoms with E-state index in [4.69, 9.17) is 9.47 Å². The van der Waals surface area contributed by atoms with Crippen molar-refractivity contribution in [2.75, 3.05) is 19.8 Å². The second kappa shape index (κ2) is 10.2. The smallest absolute Gasteiger partial charge is 0.311 e. The van der Waals surface area contributed by atoms with Gasteiger partial charge in [0.25, 0.3) is 0 Å². The van der Waals surface area contributed by atoms with Gasteiger partial charge in [-0.25, -0.2) is 0 Å². The number of ether oxygens (including phenoxy) is 2. The van der Waals surface area contributed by atoms with E-state index in [1.807, 2.05) is 0 Å². The van der Waals surface area contributed by atoms with Gasteiger partial charge in [0.15, 0.2) is 0 Å². The minimum Gasteiger partial charge on any atom is -0.465 e. The Balaban J connectivity index is 4.09. The molecule has 3 nitrogen and oxygen atoms in total. The van der Waals surface area contributed by atoms with Crippen molar-refractivity contribution >= 4 is 5.97 Å². The molecule has 0 aliphatic carbocycles. The van der Waals surface area contributed by atoms with Gasteiger partial charge >= 0.3 is 5.97 Å². The third-order valence-corrected chi connectivity index (χ3v) is 3.21. The highest BCUT2D eigenvalue weighted by molar-refractivity contribution is 5.73. The highest BCUT2D eigenvalue weighted by Crippen LogP contribution is 2.27. The van der Waals surface area contributed by atoms with Crippen LogP contribution in [-0.2, 0) is 14.3 Å². The van der Waals surface area contributed by atoms with E-state index in [0.29, 0.717) is 19.8 Å². The molecule has 1 atom stereocenters. The first-order valence-corrected chi connectivity index (χ1v) is 7.67. The maximum atomic E-state index is 12.1. The molecule has 0 amide bonds. The van der Waals surface area contributed by atoms with Crippen molar-refractivity contribution in [3.05, 3.63) is 0 Å². The molecule has 0 radical (unpaired) electrons. The van der Waals surface area contributed by atoms with E-state index in [1.54, 1.807) is 0 Å². The Morgan fingerprint density at radius 2 is 1.68 bits per heavy atom. The molecule has 1 unspecified atom stereocenters. The van der Waals surface area contributed by atoms with E-state index >= 15 is 0 Å². The summed E-state index contributed by atoms with van der Waals surface area (Å²) in [5, 5.41) is 0. The molecule has 0 N–H and O–H groups in total. The SMILES string of the molecule is CCCCCCOC(=O)C(COCCC)C(C)(C)C. The zero-order chi connectivity index (χ0) is 14.7. The van der Waals surface area contributed by atoms with Crippen molar-refractivity contribution in [2.24, 2.45) is 11.3 Å². The van der Waals surface area contributed by atoms with Gasteiger partial charge in [-0.15, -0.1) is 0 Å². The maximum Gasteiger partial charge on any atom is 0.311 e. The number of unbranched alkanes of at least 4 members (excludes halogenated alkanes) is 3. The second-order valence-electron chi connectivity index (χ2n) is 6.22. The molecule has 0 saturated heterocycles. The first-order valence-electron chi connectivity index (χ1n) is 7.67. The molecule has 0 aromatic rings. The van der Waals surface area contributed by atoms with Gasteiger partial charge in [0.2, 0.25) is 0 Å². The molecular formula is C16H32O3. The highest BCUT2D eigenvalue weighted by atomic mass is 16.5. The fraction of sp³-hybridized carbons (Fsp3) is 0.938. The lowest BCUT2D eigenvalue weighted by Crippen LogP contribution is -2.34. The van der Waals surface area contributed by atoms with Crippen LogP contribution in [0.5, 0.6) is 0 Å². The summed E-state index contributed by atoms with van der Waals surface area (Å²) in [6, 6.07) is 0. The average Bonchev–Trinajstić information content (AvgIpc) is 2.32. The molecule has 0 heterocycles. The Hall–Kier alpha value is -0.570. The lowest BCUT2D eigenvalue weighted by Gasteiger charge is -2.28. The van der Waals surface area contributed by atoms with Gasteiger partial charge in [-0.3, -0.25) is 4.79 Å². The van der Waals surface area contributed by atoms with Crippen LogP contribution in [0.2, 0.25) is 0 Å². The molecule has 0 spiro atoms. The Morgan fingerprint density at radius 3 is 2.21 bits per heavy atom. The van der Waals surface area contributed by atoms with Crippen LogP contribution in [0.1, 0.15) is 66.7 Å². The van der Waals surface area contributed by atoms with Crippen LogP contribution in [0.15, 0.2) is 0 Å². The van der Waals surface area contributed by atoms with Crippen LogP contribution in [0, 0.1) is 11.3 Å². The molecule has 3 heteroatoms. The number of carbonyl (C=O) groups excluding carboxylic acids is 1. The van der Waals surface area contributed by atoms with Crippen LogP contribution in [0.25, 0.3) is 0 Å². The highest BCUT2D eigenvalue weighted by Gasteiger charge is 2.32. The molecule has 114 valence electrons. The summed E-state index contributed by atoms with van der Waals surface area (Å²) in [6.07, 6.45) is 5.48. The predicted molar refractivity (Wildman–Crippen MR) is 79.2 cm³/mol. The van der Waals surface area contributed by atoms with Gasteiger partial charge in [-0.2, -0.15) is 0 Å². The minimum absolute atomic E-state index is 0.111. The summed E-state index contributed by atoms with van der Waals surface area (Å²) in [4.78, 5) is 12.1. The molecule has 0 aromatic carbocycles. The largest absolute Gasteiger partial charge is 0.465 e. The Bertz CT molecular complexity index is 231. The lowest BCUT2D eigenvalue weighted by atomic mass is 9.81. The van der Waals surface area contributed by atoms with Crippen LogP contribution >= 0.6 is 0 Å². The standard InChI is InChI=1S/C16H32O3/c1-6-8-9-10-12-19-15(17)14(16(3,4)5)13-18-11-7-2/h14H,6-13H2,1-5H3. The summed E-state index contributed by atoms with van der Waals surface area (Å²) in [5.74, 6) is -0.287. The number of carbonyl (C=O) groups is 1. The molecule has 0 bridgehead atoms. The molecular weight excluding hydrogens is 240 g/mol. The van der Waals surface area contributed by atoms with E-state index in [9.17, 15) is 4.79 Å². The van der Waals surface area contributed by atoms with Crippen LogP contribution < -0.4 is 0 Å². The second-order valence-corrected chi connectivity index (χ2v) is 6.22. The van der Waals surface area contributed by atoms with Crippen molar-refractivity contribution in [2.45, 2.75) is 66.7 Å². The normalized spacial score (nSPS) is 13.3. The number of hydrogen-bond donors (Lipinski definition) is 0. The number of rotatable bonds is 10. The Morgan fingerprint density at radius 1 is 1.00 bits per heavy atom. The molecule has 0 aromatic heterocycles. The van der Waals surface area contributed by atoms with Crippen molar-refractivity contribution in [3.63, 3.8) is 0 Å². The van der Waals surface area contributed by atoms with Crippen molar-refractivity contribution in [3.8, 4) is 0 Å². The number of esters is 1. The molecule has 19 heavy (non-hydrogen) atoms. The van der Waals surface area contributed by atoms with Gasteiger partial charge in [0.05, 0.1) is 19.1 Å². The van der Waals surface area contributed by atoms with E-state index in [0.717, 1.165) is 19.3 Å². The first kappa shape index (κ1) is 18.4. The fourth-order valence-corrected chi connectivity index (χ4v) is 1.82. The van der Waals surface area contributed by atoms with Gasteiger partial charge in [-0.05, 0) is 18.3 Å². The van der Waals surface area contributed by atoms with Crippen molar-refractivity contribution in [1.29, 1.82) is 0 Å². The van der Waals surface area contributed by atoms with Crippen LogP contribution in [0.3, 0.4) is 0 Å². The quantitative estimate of drug-likeness (QED) is 0.441. The summed E-state index contributed by atoms with van der Waals surface area (Å²) < 4.78 is 10.9. The molecule has 0 aliphatic rings. The topological polar surface area (TPSA) is 35.5 Å². The molecule has 0 fully saturated rings. The zero-order valence-electron chi connectivity index (χ0n) is 13.5. The Labute approximate surface area is 119 Å². The van der Waals surface area contributed by atoms with Crippen molar-refractivity contribution < 1.29 is 14.3 Å². The predicted octanol–water partition coefficient (Wildman–Crippen LogP) is 4.20. The van der Waals surface area contributed by atoms with Gasteiger partial charge in [0, 0.05) is 6.61 Å². The monoisotopic (exact) mass is 272 g/mol. The third-order valence-electron chi connectivity index (χ3n) is 3.21. The zero-order valence-corrected chi connectivity index (χ0v) is 13.5. The summed E-state index contributed by atoms with van der Waals surface area (Å²) >= 11 is 0. The van der Waals surface area contributed by atoms with E-state index < -0.39 is 0 Å². The van der Waals surface area contributed by atoms with E-state index in [2.05, 4.69) is 34.6 Å². The molecule has 0 aliphatic heterocycles. The van der Waals surface area contributed by atoms with Crippen LogP contribution in [-0.4, -0.2) is 25.8 Å². The Kier molecular flexibility index (Phi) is 9.94. The first-order chi connectivity index (χ1) is 8.93. The van der Waals surface area contributed by atoms with Crippen LogP contribution in [0.4, 0.5) is 0 Å². The van der Waals surface area contributed by atoms with E-state index in [-0.39, 0.29) is 17.3 Å². The average molecular weight is 272 g/mol. The van der Waals surface area contributed by atoms with Gasteiger partial charge in [-0.1, -0.05) is 53.9 Å². The van der Waals surface area contributed by atoms with Gasteiger partial charge < -0.3 is 9.47 Å². The molecule has 0 rings (SSSR count). The summed E-state index contributed by atoms with van der Waals surface area (Å²) in [7, 11) is 0. The van der Waals surface area contributed by atoms with E-state index in [1.165, 1.54) is 12.8 Å². The van der Waals surface area contributed by atoms with Crippen molar-refractivity contribution in [1.82, 2.24) is 0 Å².